The largest absolute Gasteiger partial charge is 0.497 e. The van der Waals surface area contributed by atoms with E-state index in [0.717, 1.165) is 21.1 Å². The molecule has 5 unspecified atom stereocenters. The predicted octanol–water partition coefficient (Wildman–Crippen LogP) is 5.23. The summed E-state index contributed by atoms with van der Waals surface area (Å²) in [6.45, 7) is 12.3. The number of benzene rings is 1. The molecule has 0 N–H and O–H groups in total. The van der Waals surface area contributed by atoms with Crippen LogP contribution in [0, 0.1) is 5.92 Å². The molecular formula is C31H42O10S. The van der Waals surface area contributed by atoms with Gasteiger partial charge in [-0.3, -0.25) is 19.2 Å². The van der Waals surface area contributed by atoms with E-state index in [9.17, 15) is 19.2 Å². The quantitative estimate of drug-likeness (QED) is 0.197. The average molecular weight is 607 g/mol. The molecule has 2 rings (SSSR count). The molecule has 1 heterocycles. The molecule has 5 atom stereocenters. The Morgan fingerprint density at radius 3 is 1.81 bits per heavy atom. The van der Waals surface area contributed by atoms with Crippen LogP contribution in [-0.4, -0.2) is 62.0 Å². The number of methoxy groups -OCH3 is 1. The van der Waals surface area contributed by atoms with Gasteiger partial charge in [-0.1, -0.05) is 32.9 Å². The van der Waals surface area contributed by atoms with Crippen LogP contribution in [0.25, 0.3) is 0 Å². The normalized spacial score (nSPS) is 14.6. The lowest BCUT2D eigenvalue weighted by atomic mass is 9.93. The number of ether oxygens (including phenoxy) is 6. The van der Waals surface area contributed by atoms with E-state index in [0.29, 0.717) is 12.2 Å². The summed E-state index contributed by atoms with van der Waals surface area (Å²) in [6, 6.07) is 9.70. The monoisotopic (exact) mass is 606 g/mol. The summed E-state index contributed by atoms with van der Waals surface area (Å²) < 4.78 is 33.7. The molecule has 10 nitrogen and oxygen atoms in total. The first-order valence-electron chi connectivity index (χ1n) is 13.8. The Morgan fingerprint density at radius 1 is 0.762 bits per heavy atom. The lowest BCUT2D eigenvalue weighted by Crippen LogP contribution is -2.53. The van der Waals surface area contributed by atoms with Gasteiger partial charge in [0.25, 0.3) is 0 Å². The minimum atomic E-state index is -1.26. The fourth-order valence-corrected chi connectivity index (χ4v) is 5.44. The summed E-state index contributed by atoms with van der Waals surface area (Å²) in [5.74, 6) is -1.52. The van der Waals surface area contributed by atoms with Crippen molar-refractivity contribution in [3.8, 4) is 11.5 Å². The summed E-state index contributed by atoms with van der Waals surface area (Å²) in [4.78, 5) is 50.2. The lowest BCUT2D eigenvalue weighted by molar-refractivity contribution is -0.196. The van der Waals surface area contributed by atoms with E-state index in [2.05, 4.69) is 13.8 Å². The van der Waals surface area contributed by atoms with Crippen LogP contribution in [0.1, 0.15) is 76.6 Å². The molecule has 42 heavy (non-hydrogen) atoms. The molecule has 1 aromatic carbocycles. The Labute approximate surface area is 251 Å². The van der Waals surface area contributed by atoms with Crippen LogP contribution in [0.2, 0.25) is 0 Å². The fourth-order valence-electron chi connectivity index (χ4n) is 4.31. The molecular weight excluding hydrogens is 564 g/mol. The summed E-state index contributed by atoms with van der Waals surface area (Å²) in [6.07, 6.45) is -3.81. The zero-order chi connectivity index (χ0) is 31.6. The number of carbonyl (C=O) groups is 4. The van der Waals surface area contributed by atoms with Crippen molar-refractivity contribution >= 4 is 35.2 Å². The van der Waals surface area contributed by atoms with Crippen molar-refractivity contribution in [2.45, 2.75) is 92.1 Å². The Hall–Kier alpha value is -3.60. The predicted molar refractivity (Wildman–Crippen MR) is 157 cm³/mol. The highest BCUT2D eigenvalue weighted by Crippen LogP contribution is 2.37. The lowest BCUT2D eigenvalue weighted by Gasteiger charge is -2.37. The second-order valence-corrected chi connectivity index (χ2v) is 11.6. The van der Waals surface area contributed by atoms with Crippen LogP contribution in [0.15, 0.2) is 30.3 Å². The van der Waals surface area contributed by atoms with E-state index in [1.54, 1.807) is 32.3 Å². The van der Waals surface area contributed by atoms with Gasteiger partial charge in [-0.05, 0) is 36.6 Å². The standard InChI is InChI=1S/C31H42O10S/c1-17(2)27-15-26(28(42-27)14-24-10-12-25(36-9)13-11-24)38-19(4)30(40-22(7)34)31(41-23(8)35)29(39-21(6)33)18(3)16-37-20(5)32/h10-13,15,17-19,29-31H,14,16H2,1-9H3. The van der Waals surface area contributed by atoms with Gasteiger partial charge in [0.2, 0.25) is 0 Å². The van der Waals surface area contributed by atoms with Gasteiger partial charge in [-0.15, -0.1) is 11.3 Å². The van der Waals surface area contributed by atoms with Crippen molar-refractivity contribution in [3.05, 3.63) is 45.6 Å². The minimum absolute atomic E-state index is 0.124. The van der Waals surface area contributed by atoms with Gasteiger partial charge >= 0.3 is 23.9 Å². The molecule has 0 saturated carbocycles. The molecule has 0 aliphatic rings. The fraction of sp³-hybridized carbons (Fsp3) is 0.548. The highest BCUT2D eigenvalue weighted by molar-refractivity contribution is 7.12. The maximum absolute atomic E-state index is 12.3. The molecule has 232 valence electrons. The molecule has 0 amide bonds. The molecule has 0 aliphatic heterocycles. The Balaban J connectivity index is 2.49. The number of hydrogen-bond acceptors (Lipinski definition) is 11. The van der Waals surface area contributed by atoms with E-state index in [4.69, 9.17) is 28.4 Å². The first-order valence-corrected chi connectivity index (χ1v) is 14.6. The molecule has 1 aromatic heterocycles. The summed E-state index contributed by atoms with van der Waals surface area (Å²) in [5.41, 5.74) is 1.05. The van der Waals surface area contributed by atoms with Crippen molar-refractivity contribution in [1.29, 1.82) is 0 Å². The Kier molecular flexibility index (Phi) is 13.3. The number of rotatable bonds is 15. The van der Waals surface area contributed by atoms with Crippen molar-refractivity contribution < 1.29 is 47.6 Å². The highest BCUT2D eigenvalue weighted by atomic mass is 32.1. The number of thiophene rings is 1. The number of esters is 4. The van der Waals surface area contributed by atoms with Gasteiger partial charge in [0.05, 0.1) is 18.6 Å². The van der Waals surface area contributed by atoms with Crippen molar-refractivity contribution in [2.24, 2.45) is 5.92 Å². The highest BCUT2D eigenvalue weighted by Gasteiger charge is 2.44. The van der Waals surface area contributed by atoms with Gasteiger partial charge in [-0.25, -0.2) is 0 Å². The van der Waals surface area contributed by atoms with E-state index in [1.807, 2.05) is 30.3 Å². The zero-order valence-corrected chi connectivity index (χ0v) is 26.6. The van der Waals surface area contributed by atoms with Gasteiger partial charge in [0.1, 0.15) is 23.7 Å². The third kappa shape index (κ3) is 10.7. The first kappa shape index (κ1) is 34.6. The van der Waals surface area contributed by atoms with Crippen LogP contribution in [0.3, 0.4) is 0 Å². The van der Waals surface area contributed by atoms with E-state index < -0.39 is 54.2 Å². The SMILES string of the molecule is COc1ccc(Cc2sc(C(C)C)cc2OC(C)C(OC(C)=O)C(OC(C)=O)C(OC(C)=O)C(C)COC(C)=O)cc1. The second kappa shape index (κ2) is 16.1. The second-order valence-electron chi connectivity index (χ2n) is 10.4. The van der Waals surface area contributed by atoms with Crippen molar-refractivity contribution in [2.75, 3.05) is 13.7 Å². The molecule has 2 aromatic rings. The van der Waals surface area contributed by atoms with E-state index >= 15 is 0 Å². The van der Waals surface area contributed by atoms with Gasteiger partial charge in [0, 0.05) is 44.9 Å². The maximum atomic E-state index is 12.3. The van der Waals surface area contributed by atoms with Crippen molar-refractivity contribution in [3.63, 3.8) is 0 Å². The smallest absolute Gasteiger partial charge is 0.303 e. The van der Waals surface area contributed by atoms with Gasteiger partial charge < -0.3 is 28.4 Å². The molecule has 0 aliphatic carbocycles. The van der Waals surface area contributed by atoms with E-state index in [-0.39, 0.29) is 12.5 Å². The van der Waals surface area contributed by atoms with Crippen LogP contribution in [-0.2, 0) is 44.5 Å². The van der Waals surface area contributed by atoms with Crippen LogP contribution >= 0.6 is 11.3 Å². The summed E-state index contributed by atoms with van der Waals surface area (Å²) in [7, 11) is 1.61. The minimum Gasteiger partial charge on any atom is -0.497 e. The Morgan fingerprint density at radius 2 is 1.31 bits per heavy atom. The first-order chi connectivity index (χ1) is 19.7. The third-order valence-corrected chi connectivity index (χ3v) is 7.74. The van der Waals surface area contributed by atoms with Gasteiger partial charge in [0.15, 0.2) is 12.2 Å². The molecule has 0 radical (unpaired) electrons. The maximum Gasteiger partial charge on any atom is 0.303 e. The van der Waals surface area contributed by atoms with Crippen LogP contribution < -0.4 is 9.47 Å². The molecule has 0 saturated heterocycles. The van der Waals surface area contributed by atoms with Gasteiger partial charge in [-0.2, -0.15) is 0 Å². The zero-order valence-electron chi connectivity index (χ0n) is 25.8. The molecule has 0 bridgehead atoms. The van der Waals surface area contributed by atoms with E-state index in [1.165, 1.54) is 27.7 Å². The summed E-state index contributed by atoms with van der Waals surface area (Å²) >= 11 is 1.62. The topological polar surface area (TPSA) is 124 Å². The molecule has 0 spiro atoms. The summed E-state index contributed by atoms with van der Waals surface area (Å²) in [5, 5.41) is 0. The third-order valence-electron chi connectivity index (χ3n) is 6.32. The number of carbonyl (C=O) groups excluding carboxylic acids is 4. The molecule has 0 fully saturated rings. The Bertz CT molecular complexity index is 1200. The molecule has 11 heteroatoms. The van der Waals surface area contributed by atoms with Crippen LogP contribution in [0.4, 0.5) is 0 Å². The van der Waals surface area contributed by atoms with Crippen molar-refractivity contribution in [1.82, 2.24) is 0 Å². The average Bonchev–Trinajstić information content (AvgIpc) is 3.30. The van der Waals surface area contributed by atoms with Crippen LogP contribution in [0.5, 0.6) is 11.5 Å². The number of hydrogen-bond donors (Lipinski definition) is 0.